The van der Waals surface area contributed by atoms with Crippen LogP contribution in [0.1, 0.15) is 18.9 Å². The fourth-order valence-corrected chi connectivity index (χ4v) is 1.95. The van der Waals surface area contributed by atoms with Crippen LogP contribution in [0.15, 0.2) is 9.95 Å². The fourth-order valence-electron chi connectivity index (χ4n) is 1.19. The average Bonchev–Trinajstić information content (AvgIpc) is 2.88. The zero-order valence-electron chi connectivity index (χ0n) is 7.49. The van der Waals surface area contributed by atoms with Gasteiger partial charge in [-0.1, -0.05) is 11.8 Å². The van der Waals surface area contributed by atoms with Gasteiger partial charge in [-0.25, -0.2) is 9.89 Å². The molecule has 1 saturated carbocycles. The topological polar surface area (TPSA) is 101 Å². The van der Waals surface area contributed by atoms with E-state index in [0.717, 1.165) is 12.8 Å². The third kappa shape index (κ3) is 1.82. The van der Waals surface area contributed by atoms with E-state index in [2.05, 4.69) is 10.2 Å². The summed E-state index contributed by atoms with van der Waals surface area (Å²) in [7, 11) is 0. The molecule has 1 aromatic rings. The molecule has 7 heteroatoms. The summed E-state index contributed by atoms with van der Waals surface area (Å²) in [4.78, 5) is 11.3. The molecule has 1 aromatic heterocycles. The van der Waals surface area contributed by atoms with Crippen molar-refractivity contribution in [1.29, 1.82) is 5.41 Å². The monoisotopic (exact) mass is 213 g/mol. The zero-order valence-corrected chi connectivity index (χ0v) is 8.30. The summed E-state index contributed by atoms with van der Waals surface area (Å²) >= 11 is 1.32. The first-order chi connectivity index (χ1) is 6.68. The normalized spacial score (nSPS) is 15.7. The van der Waals surface area contributed by atoms with Crippen LogP contribution in [0.4, 0.5) is 0 Å². The molecule has 1 heterocycles. The summed E-state index contributed by atoms with van der Waals surface area (Å²) in [5, 5.41) is 14.0. The lowest BCUT2D eigenvalue weighted by Crippen LogP contribution is -2.17. The van der Waals surface area contributed by atoms with Crippen LogP contribution in [-0.2, 0) is 0 Å². The highest BCUT2D eigenvalue weighted by molar-refractivity contribution is 7.99. The molecule has 0 amide bonds. The van der Waals surface area contributed by atoms with Crippen LogP contribution in [0.3, 0.4) is 0 Å². The molecule has 1 aliphatic rings. The lowest BCUT2D eigenvalue weighted by Gasteiger charge is -2.01. The van der Waals surface area contributed by atoms with Crippen molar-refractivity contribution < 1.29 is 0 Å². The molecule has 0 atom stereocenters. The number of rotatable bonds is 4. The number of H-pyrrole nitrogens is 1. The van der Waals surface area contributed by atoms with Gasteiger partial charge in [0.25, 0.3) is 0 Å². The highest BCUT2D eigenvalue weighted by Gasteiger charge is 2.28. The van der Waals surface area contributed by atoms with E-state index in [1.54, 1.807) is 4.57 Å². The first-order valence-electron chi connectivity index (χ1n) is 4.31. The third-order valence-electron chi connectivity index (χ3n) is 1.94. The number of thioether (sulfide) groups is 1. The van der Waals surface area contributed by atoms with Crippen molar-refractivity contribution in [2.24, 2.45) is 5.73 Å². The number of nitrogens with one attached hydrogen (secondary N) is 2. The fraction of sp³-hybridized carbons (Fsp3) is 0.571. The Morgan fingerprint density at radius 2 is 2.50 bits per heavy atom. The molecule has 0 aromatic carbocycles. The van der Waals surface area contributed by atoms with Crippen LogP contribution in [0.25, 0.3) is 0 Å². The van der Waals surface area contributed by atoms with E-state index in [9.17, 15) is 4.79 Å². The van der Waals surface area contributed by atoms with Gasteiger partial charge in [-0.2, -0.15) is 0 Å². The van der Waals surface area contributed by atoms with Crippen molar-refractivity contribution in [3.05, 3.63) is 10.5 Å². The number of nitrogens with two attached hydrogens (primary N) is 1. The number of aromatic nitrogens is 3. The number of amidine groups is 1. The zero-order chi connectivity index (χ0) is 10.1. The Morgan fingerprint density at radius 3 is 3.07 bits per heavy atom. The smallest absolute Gasteiger partial charge is 0.344 e. The molecular formula is C7H11N5OS. The Kier molecular flexibility index (Phi) is 2.32. The Hall–Kier alpha value is -1.24. The van der Waals surface area contributed by atoms with Crippen molar-refractivity contribution in [3.63, 3.8) is 0 Å². The molecule has 0 radical (unpaired) electrons. The first kappa shape index (κ1) is 9.32. The molecule has 6 nitrogen and oxygen atoms in total. The molecule has 76 valence electrons. The van der Waals surface area contributed by atoms with Gasteiger partial charge in [0.15, 0.2) is 5.16 Å². The lowest BCUT2D eigenvalue weighted by atomic mass is 10.7. The van der Waals surface area contributed by atoms with E-state index >= 15 is 0 Å². The van der Waals surface area contributed by atoms with Gasteiger partial charge in [0, 0.05) is 6.04 Å². The molecule has 4 N–H and O–H groups in total. The summed E-state index contributed by atoms with van der Waals surface area (Å²) in [6, 6.07) is 0.302. The maximum absolute atomic E-state index is 11.3. The predicted octanol–water partition coefficient (Wildman–Crippen LogP) is -0.0656. The van der Waals surface area contributed by atoms with Gasteiger partial charge < -0.3 is 5.73 Å². The summed E-state index contributed by atoms with van der Waals surface area (Å²) < 4.78 is 1.65. The highest BCUT2D eigenvalue weighted by atomic mass is 32.2. The minimum atomic E-state index is -0.168. The van der Waals surface area contributed by atoms with Gasteiger partial charge in [0.1, 0.15) is 5.84 Å². The second-order valence-corrected chi connectivity index (χ2v) is 4.17. The van der Waals surface area contributed by atoms with Crippen molar-refractivity contribution in [2.75, 3.05) is 5.75 Å². The van der Waals surface area contributed by atoms with Crippen LogP contribution in [0.2, 0.25) is 0 Å². The predicted molar refractivity (Wildman–Crippen MR) is 53.8 cm³/mol. The van der Waals surface area contributed by atoms with Gasteiger partial charge in [-0.15, -0.1) is 5.10 Å². The van der Waals surface area contributed by atoms with E-state index in [1.165, 1.54) is 11.8 Å². The van der Waals surface area contributed by atoms with Crippen molar-refractivity contribution >= 4 is 17.6 Å². The third-order valence-corrected chi connectivity index (χ3v) is 2.94. The number of nitrogens with zero attached hydrogens (tertiary/aromatic N) is 2. The molecule has 14 heavy (non-hydrogen) atoms. The summed E-state index contributed by atoms with van der Waals surface area (Å²) in [6.07, 6.45) is 2.07. The molecule has 0 saturated heterocycles. The summed E-state index contributed by atoms with van der Waals surface area (Å²) in [5.74, 6) is 0.463. The molecule has 1 fully saturated rings. The van der Waals surface area contributed by atoms with E-state index in [4.69, 9.17) is 11.1 Å². The van der Waals surface area contributed by atoms with Crippen molar-refractivity contribution in [3.8, 4) is 0 Å². The lowest BCUT2D eigenvalue weighted by molar-refractivity contribution is 0.643. The number of aromatic amines is 1. The van der Waals surface area contributed by atoms with Crippen LogP contribution in [0.5, 0.6) is 0 Å². The van der Waals surface area contributed by atoms with Gasteiger partial charge in [0.05, 0.1) is 5.75 Å². The molecule has 0 unspecified atom stereocenters. The van der Waals surface area contributed by atoms with Crippen LogP contribution >= 0.6 is 11.8 Å². The number of hydrogen-bond donors (Lipinski definition) is 3. The Labute approximate surface area is 84.4 Å². The average molecular weight is 213 g/mol. The SMILES string of the molecule is N=C(N)CSc1n[nH]c(=O)n1C1CC1. The molecule has 0 aliphatic heterocycles. The molecule has 0 bridgehead atoms. The van der Waals surface area contributed by atoms with E-state index < -0.39 is 0 Å². The minimum absolute atomic E-state index is 0.0906. The standard InChI is InChI=1S/C7H11N5OS/c8-5(9)3-14-7-11-10-6(13)12(7)4-1-2-4/h4H,1-3H2,(H3,8,9)(H,10,13). The molecule has 0 spiro atoms. The van der Waals surface area contributed by atoms with Gasteiger partial charge >= 0.3 is 5.69 Å². The van der Waals surface area contributed by atoms with Crippen molar-refractivity contribution in [1.82, 2.24) is 14.8 Å². The molecular weight excluding hydrogens is 202 g/mol. The van der Waals surface area contributed by atoms with Gasteiger partial charge in [-0.05, 0) is 12.8 Å². The van der Waals surface area contributed by atoms with Crippen LogP contribution in [-0.4, -0.2) is 26.4 Å². The van der Waals surface area contributed by atoms with Crippen LogP contribution in [0, 0.1) is 5.41 Å². The Balaban J connectivity index is 2.16. The Bertz CT molecular complexity index is 404. The second kappa shape index (κ2) is 3.49. The minimum Gasteiger partial charge on any atom is -0.387 e. The van der Waals surface area contributed by atoms with E-state index in [-0.39, 0.29) is 11.5 Å². The summed E-state index contributed by atoms with van der Waals surface area (Å²) in [6.45, 7) is 0. The first-order valence-corrected chi connectivity index (χ1v) is 5.29. The Morgan fingerprint density at radius 1 is 1.79 bits per heavy atom. The maximum atomic E-state index is 11.3. The quantitative estimate of drug-likeness (QED) is 0.370. The molecule has 1 aliphatic carbocycles. The van der Waals surface area contributed by atoms with Gasteiger partial charge in [-0.3, -0.25) is 9.98 Å². The van der Waals surface area contributed by atoms with Gasteiger partial charge in [0.2, 0.25) is 0 Å². The molecule has 2 rings (SSSR count). The maximum Gasteiger partial charge on any atom is 0.344 e. The largest absolute Gasteiger partial charge is 0.387 e. The number of hydrogen-bond acceptors (Lipinski definition) is 4. The second-order valence-electron chi connectivity index (χ2n) is 3.23. The summed E-state index contributed by atoms with van der Waals surface area (Å²) in [5.41, 5.74) is 5.06. The van der Waals surface area contributed by atoms with Crippen LogP contribution < -0.4 is 11.4 Å². The van der Waals surface area contributed by atoms with E-state index in [0.29, 0.717) is 17.0 Å². The van der Waals surface area contributed by atoms with E-state index in [1.807, 2.05) is 0 Å². The van der Waals surface area contributed by atoms with Crippen molar-refractivity contribution in [2.45, 2.75) is 24.0 Å². The highest BCUT2D eigenvalue weighted by Crippen LogP contribution is 2.35.